The van der Waals surface area contributed by atoms with E-state index in [4.69, 9.17) is 0 Å². The van der Waals surface area contributed by atoms with Crippen molar-refractivity contribution in [1.29, 1.82) is 0 Å². The van der Waals surface area contributed by atoms with Crippen LogP contribution in [-0.4, -0.2) is 17.5 Å². The second-order valence-corrected chi connectivity index (χ2v) is 2.08. The van der Waals surface area contributed by atoms with Gasteiger partial charge >= 0.3 is 0 Å². The number of aryl methyl sites for hydroxylation is 1. The molecule has 0 atom stereocenters. The number of aromatic nitrogens is 1. The van der Waals surface area contributed by atoms with Crippen molar-refractivity contribution in [3.63, 3.8) is 0 Å². The molecule has 0 aliphatic carbocycles. The SMILES string of the molecule is Cn1cc(OC=O)c(OC=O)c1. The Labute approximate surface area is 68.5 Å². The zero-order valence-corrected chi connectivity index (χ0v) is 6.39. The lowest BCUT2D eigenvalue weighted by atomic mass is 10.5. The van der Waals surface area contributed by atoms with Gasteiger partial charge in [-0.15, -0.1) is 0 Å². The summed E-state index contributed by atoms with van der Waals surface area (Å²) in [5, 5.41) is 0. The van der Waals surface area contributed by atoms with Crippen LogP contribution in [-0.2, 0) is 16.6 Å². The summed E-state index contributed by atoms with van der Waals surface area (Å²) >= 11 is 0. The highest BCUT2D eigenvalue weighted by Crippen LogP contribution is 2.26. The summed E-state index contributed by atoms with van der Waals surface area (Å²) in [5.41, 5.74) is 0. The van der Waals surface area contributed by atoms with Crippen molar-refractivity contribution in [2.45, 2.75) is 0 Å². The predicted octanol–water partition coefficient (Wildman–Crippen LogP) is 0.0955. The van der Waals surface area contributed by atoms with Crippen LogP contribution in [0.1, 0.15) is 0 Å². The van der Waals surface area contributed by atoms with Crippen LogP contribution in [0.2, 0.25) is 0 Å². The number of hydrogen-bond donors (Lipinski definition) is 0. The smallest absolute Gasteiger partial charge is 0.298 e. The number of hydrogen-bond acceptors (Lipinski definition) is 4. The number of carbonyl (C=O) groups excluding carboxylic acids is 2. The number of nitrogens with zero attached hydrogens (tertiary/aromatic N) is 1. The standard InChI is InChI=1S/C7H7NO4/c1-8-2-6(11-4-9)7(3-8)12-5-10/h2-5H,1H3. The van der Waals surface area contributed by atoms with Crippen LogP contribution in [0.25, 0.3) is 0 Å². The number of carbonyl (C=O) groups is 2. The zero-order chi connectivity index (χ0) is 8.97. The van der Waals surface area contributed by atoms with Crippen molar-refractivity contribution >= 4 is 12.9 Å². The van der Waals surface area contributed by atoms with E-state index in [2.05, 4.69) is 9.47 Å². The lowest BCUT2D eigenvalue weighted by molar-refractivity contribution is -0.123. The first kappa shape index (κ1) is 8.32. The van der Waals surface area contributed by atoms with Gasteiger partial charge in [-0.25, -0.2) is 0 Å². The van der Waals surface area contributed by atoms with Crippen LogP contribution < -0.4 is 9.47 Å². The maximum absolute atomic E-state index is 9.96. The molecule has 0 amide bonds. The molecule has 0 saturated carbocycles. The fourth-order valence-corrected chi connectivity index (χ4v) is 0.815. The Morgan fingerprint density at radius 2 is 1.58 bits per heavy atom. The third kappa shape index (κ3) is 1.63. The normalized spacial score (nSPS) is 9.08. The molecule has 0 bridgehead atoms. The fraction of sp³-hybridized carbons (Fsp3) is 0.143. The molecule has 1 heterocycles. The Hall–Kier alpha value is -1.78. The minimum atomic E-state index is 0.222. The summed E-state index contributed by atoms with van der Waals surface area (Å²) in [6.07, 6.45) is 3.04. The summed E-state index contributed by atoms with van der Waals surface area (Å²) in [5.74, 6) is 0.444. The van der Waals surface area contributed by atoms with E-state index in [1.54, 1.807) is 11.6 Å². The number of ether oxygens (including phenoxy) is 2. The van der Waals surface area contributed by atoms with Crippen LogP contribution in [0.3, 0.4) is 0 Å². The molecule has 0 unspecified atom stereocenters. The minimum absolute atomic E-state index is 0.222. The Bertz CT molecular complexity index is 264. The van der Waals surface area contributed by atoms with Crippen molar-refractivity contribution in [3.05, 3.63) is 12.4 Å². The highest BCUT2D eigenvalue weighted by Gasteiger charge is 2.06. The van der Waals surface area contributed by atoms with Gasteiger partial charge in [0.15, 0.2) is 11.5 Å². The van der Waals surface area contributed by atoms with E-state index in [0.717, 1.165) is 0 Å². The average molecular weight is 169 g/mol. The molecule has 1 aromatic rings. The van der Waals surface area contributed by atoms with Gasteiger partial charge < -0.3 is 14.0 Å². The van der Waals surface area contributed by atoms with E-state index in [-0.39, 0.29) is 24.4 Å². The molecule has 1 rings (SSSR count). The highest BCUT2D eigenvalue weighted by atomic mass is 16.6. The van der Waals surface area contributed by atoms with E-state index in [0.29, 0.717) is 0 Å². The summed E-state index contributed by atoms with van der Waals surface area (Å²) in [7, 11) is 1.72. The first-order valence-corrected chi connectivity index (χ1v) is 3.14. The van der Waals surface area contributed by atoms with Gasteiger partial charge in [-0.3, -0.25) is 9.59 Å². The Morgan fingerprint density at radius 3 is 1.92 bits per heavy atom. The third-order valence-electron chi connectivity index (χ3n) is 1.23. The van der Waals surface area contributed by atoms with E-state index in [1.807, 2.05) is 0 Å². The van der Waals surface area contributed by atoms with Crippen LogP contribution in [0, 0.1) is 0 Å². The van der Waals surface area contributed by atoms with Gasteiger partial charge in [0.1, 0.15) is 0 Å². The lowest BCUT2D eigenvalue weighted by Gasteiger charge is -1.95. The maximum Gasteiger partial charge on any atom is 0.298 e. The molecular formula is C7H7NO4. The molecule has 0 fully saturated rings. The van der Waals surface area contributed by atoms with E-state index < -0.39 is 0 Å². The first-order chi connectivity index (χ1) is 5.77. The molecule has 0 radical (unpaired) electrons. The van der Waals surface area contributed by atoms with Gasteiger partial charge in [-0.05, 0) is 0 Å². The van der Waals surface area contributed by atoms with Crippen molar-refractivity contribution in [2.75, 3.05) is 0 Å². The minimum Gasteiger partial charge on any atom is -0.423 e. The molecule has 1 aromatic heterocycles. The Balaban J connectivity index is 2.90. The molecule has 0 aromatic carbocycles. The monoisotopic (exact) mass is 169 g/mol. The van der Waals surface area contributed by atoms with Crippen LogP contribution in [0.15, 0.2) is 12.4 Å². The molecule has 5 heteroatoms. The van der Waals surface area contributed by atoms with Crippen LogP contribution in [0.5, 0.6) is 11.5 Å². The van der Waals surface area contributed by atoms with Crippen molar-refractivity contribution in [3.8, 4) is 11.5 Å². The Morgan fingerprint density at radius 1 is 1.17 bits per heavy atom. The van der Waals surface area contributed by atoms with Gasteiger partial charge in [-0.1, -0.05) is 0 Å². The first-order valence-electron chi connectivity index (χ1n) is 3.14. The second-order valence-electron chi connectivity index (χ2n) is 2.08. The third-order valence-corrected chi connectivity index (χ3v) is 1.23. The van der Waals surface area contributed by atoms with E-state index in [9.17, 15) is 9.59 Å². The lowest BCUT2D eigenvalue weighted by Crippen LogP contribution is -1.91. The molecular weight excluding hydrogens is 162 g/mol. The predicted molar refractivity (Wildman–Crippen MR) is 38.8 cm³/mol. The zero-order valence-electron chi connectivity index (χ0n) is 6.39. The molecule has 0 aliphatic heterocycles. The van der Waals surface area contributed by atoms with Gasteiger partial charge in [0.2, 0.25) is 0 Å². The second kappa shape index (κ2) is 3.56. The van der Waals surface area contributed by atoms with Gasteiger partial charge in [0.25, 0.3) is 12.9 Å². The molecule has 12 heavy (non-hydrogen) atoms. The Kier molecular flexibility index (Phi) is 2.47. The van der Waals surface area contributed by atoms with Gasteiger partial charge in [0, 0.05) is 7.05 Å². The summed E-state index contributed by atoms with van der Waals surface area (Å²) in [6, 6.07) is 0. The average Bonchev–Trinajstić information content (AvgIpc) is 2.33. The number of rotatable bonds is 4. The van der Waals surface area contributed by atoms with Crippen molar-refractivity contribution < 1.29 is 19.1 Å². The highest BCUT2D eigenvalue weighted by molar-refractivity contribution is 5.54. The van der Waals surface area contributed by atoms with E-state index in [1.165, 1.54) is 12.4 Å². The van der Waals surface area contributed by atoms with Crippen LogP contribution >= 0.6 is 0 Å². The topological polar surface area (TPSA) is 57.5 Å². The molecule has 64 valence electrons. The molecule has 0 aliphatic rings. The van der Waals surface area contributed by atoms with Crippen molar-refractivity contribution in [2.24, 2.45) is 7.05 Å². The summed E-state index contributed by atoms with van der Waals surface area (Å²) in [6.45, 7) is 0.542. The molecule has 0 saturated heterocycles. The quantitative estimate of drug-likeness (QED) is 0.599. The molecule has 0 N–H and O–H groups in total. The molecule has 5 nitrogen and oxygen atoms in total. The van der Waals surface area contributed by atoms with Crippen molar-refractivity contribution in [1.82, 2.24) is 4.57 Å². The molecule has 0 spiro atoms. The van der Waals surface area contributed by atoms with Crippen LogP contribution in [0.4, 0.5) is 0 Å². The van der Waals surface area contributed by atoms with Gasteiger partial charge in [-0.2, -0.15) is 0 Å². The fourth-order valence-electron chi connectivity index (χ4n) is 0.815. The maximum atomic E-state index is 9.96. The van der Waals surface area contributed by atoms with Gasteiger partial charge in [0.05, 0.1) is 12.4 Å². The summed E-state index contributed by atoms with van der Waals surface area (Å²) < 4.78 is 10.7. The summed E-state index contributed by atoms with van der Waals surface area (Å²) in [4.78, 5) is 19.9. The van der Waals surface area contributed by atoms with E-state index >= 15 is 0 Å². The largest absolute Gasteiger partial charge is 0.423 e.